The highest BCUT2D eigenvalue weighted by molar-refractivity contribution is 5.70. The van der Waals surface area contributed by atoms with Crippen molar-refractivity contribution in [3.05, 3.63) is 30.5 Å². The summed E-state index contributed by atoms with van der Waals surface area (Å²) in [6.45, 7) is 9.37. The van der Waals surface area contributed by atoms with Gasteiger partial charge in [-0.2, -0.15) is 0 Å². The first-order chi connectivity index (χ1) is 12.6. The van der Waals surface area contributed by atoms with E-state index in [-0.39, 0.29) is 5.54 Å². The number of pyridine rings is 1. The monoisotopic (exact) mass is 354 g/mol. The molecule has 0 bridgehead atoms. The molecule has 8 nitrogen and oxygen atoms in total. The van der Waals surface area contributed by atoms with Gasteiger partial charge in [0.1, 0.15) is 5.52 Å². The zero-order chi connectivity index (χ0) is 18.1. The predicted molar refractivity (Wildman–Crippen MR) is 98.5 cm³/mol. The maximum Gasteiger partial charge on any atom is 0.165 e. The molecule has 1 saturated heterocycles. The van der Waals surface area contributed by atoms with Crippen LogP contribution in [-0.2, 0) is 12.1 Å². The molecule has 26 heavy (non-hydrogen) atoms. The molecule has 0 amide bonds. The first-order valence-corrected chi connectivity index (χ1v) is 9.36. The Morgan fingerprint density at radius 1 is 1.19 bits per heavy atom. The lowest BCUT2D eigenvalue weighted by Gasteiger charge is -2.33. The molecule has 0 spiro atoms. The van der Waals surface area contributed by atoms with E-state index in [0.717, 1.165) is 55.9 Å². The Balaban J connectivity index is 1.43. The summed E-state index contributed by atoms with van der Waals surface area (Å²) >= 11 is 0. The van der Waals surface area contributed by atoms with E-state index in [2.05, 4.69) is 55.7 Å². The molecule has 4 rings (SSSR count). The maximum atomic E-state index is 4.50. The molecule has 0 radical (unpaired) electrons. The molecule has 0 aromatic carbocycles. The van der Waals surface area contributed by atoms with E-state index in [1.807, 2.05) is 29.3 Å². The number of fused-ring (bicyclic) bond motifs is 1. The van der Waals surface area contributed by atoms with Gasteiger partial charge in [0.15, 0.2) is 11.5 Å². The molecule has 4 heterocycles. The average molecular weight is 354 g/mol. The van der Waals surface area contributed by atoms with Crippen LogP contribution in [0.1, 0.15) is 51.9 Å². The predicted octanol–water partition coefficient (Wildman–Crippen LogP) is 2.40. The van der Waals surface area contributed by atoms with Gasteiger partial charge in [-0.1, -0.05) is 6.92 Å². The fourth-order valence-electron chi connectivity index (χ4n) is 3.61. The largest absolute Gasteiger partial charge is 0.312 e. The molecule has 1 aliphatic heterocycles. The van der Waals surface area contributed by atoms with Crippen LogP contribution in [0.3, 0.4) is 0 Å². The van der Waals surface area contributed by atoms with E-state index in [4.69, 9.17) is 0 Å². The number of aromatic nitrogens is 7. The van der Waals surface area contributed by atoms with Crippen molar-refractivity contribution < 1.29 is 0 Å². The van der Waals surface area contributed by atoms with Gasteiger partial charge in [0, 0.05) is 25.3 Å². The highest BCUT2D eigenvalue weighted by atomic mass is 15.6. The summed E-state index contributed by atoms with van der Waals surface area (Å²) in [6, 6.07) is 4.40. The molecule has 0 N–H and O–H groups in total. The van der Waals surface area contributed by atoms with E-state index < -0.39 is 0 Å². The van der Waals surface area contributed by atoms with Crippen molar-refractivity contribution in [2.75, 3.05) is 13.1 Å². The second kappa shape index (κ2) is 6.75. The lowest BCUT2D eigenvalue weighted by atomic mass is 10.0. The quantitative estimate of drug-likeness (QED) is 0.700. The van der Waals surface area contributed by atoms with Crippen LogP contribution in [0.4, 0.5) is 0 Å². The van der Waals surface area contributed by atoms with Gasteiger partial charge in [-0.3, -0.25) is 4.90 Å². The molecule has 0 unspecified atom stereocenters. The molecule has 1 aliphatic rings. The van der Waals surface area contributed by atoms with Crippen molar-refractivity contribution in [1.29, 1.82) is 0 Å². The summed E-state index contributed by atoms with van der Waals surface area (Å²) in [7, 11) is 0. The van der Waals surface area contributed by atoms with E-state index in [1.54, 1.807) is 0 Å². The molecule has 3 aromatic heterocycles. The Hall–Kier alpha value is -2.35. The zero-order valence-electron chi connectivity index (χ0n) is 15.7. The van der Waals surface area contributed by atoms with Crippen LogP contribution >= 0.6 is 0 Å². The van der Waals surface area contributed by atoms with Crippen LogP contribution in [0.15, 0.2) is 24.7 Å². The van der Waals surface area contributed by atoms with Gasteiger partial charge < -0.3 is 4.57 Å². The van der Waals surface area contributed by atoms with Gasteiger partial charge >= 0.3 is 0 Å². The topological polar surface area (TPSA) is 77.5 Å². The van der Waals surface area contributed by atoms with E-state index >= 15 is 0 Å². The standard InChI is InChI=1S/C18H26N8/c1-4-18(2,3)26-16(21-22-23-26)12-24-10-7-14(8-11-24)25-13-20-15-6-5-9-19-17(15)25/h5-6,9,13-14H,4,7-8,10-12H2,1-3H3. The average Bonchev–Trinajstić information content (AvgIpc) is 3.30. The zero-order valence-corrected chi connectivity index (χ0v) is 15.7. The fraction of sp³-hybridized carbons (Fsp3) is 0.611. The second-order valence-electron chi connectivity index (χ2n) is 7.68. The van der Waals surface area contributed by atoms with Crippen LogP contribution < -0.4 is 0 Å². The lowest BCUT2D eigenvalue weighted by Crippen LogP contribution is -2.37. The van der Waals surface area contributed by atoms with Gasteiger partial charge in [0.05, 0.1) is 18.4 Å². The lowest BCUT2D eigenvalue weighted by molar-refractivity contribution is 0.168. The molecular formula is C18H26N8. The molecular weight excluding hydrogens is 328 g/mol. The minimum atomic E-state index is -0.0570. The Morgan fingerprint density at radius 2 is 2.00 bits per heavy atom. The Bertz CT molecular complexity index is 872. The highest BCUT2D eigenvalue weighted by Crippen LogP contribution is 2.27. The van der Waals surface area contributed by atoms with Crippen molar-refractivity contribution in [2.45, 2.75) is 58.2 Å². The molecule has 0 saturated carbocycles. The van der Waals surface area contributed by atoms with Crippen molar-refractivity contribution in [2.24, 2.45) is 0 Å². The summed E-state index contributed by atoms with van der Waals surface area (Å²) in [5.74, 6) is 0.949. The summed E-state index contributed by atoms with van der Waals surface area (Å²) < 4.78 is 4.21. The highest BCUT2D eigenvalue weighted by Gasteiger charge is 2.27. The van der Waals surface area contributed by atoms with Crippen molar-refractivity contribution >= 4 is 11.2 Å². The first kappa shape index (κ1) is 17.1. The fourth-order valence-corrected chi connectivity index (χ4v) is 3.61. The number of hydrogen-bond donors (Lipinski definition) is 0. The van der Waals surface area contributed by atoms with Crippen molar-refractivity contribution in [3.63, 3.8) is 0 Å². The minimum absolute atomic E-state index is 0.0570. The van der Waals surface area contributed by atoms with Gasteiger partial charge in [0.2, 0.25) is 0 Å². The Kier molecular flexibility index (Phi) is 4.44. The smallest absolute Gasteiger partial charge is 0.165 e. The van der Waals surface area contributed by atoms with Gasteiger partial charge in [-0.25, -0.2) is 14.6 Å². The van der Waals surface area contributed by atoms with Crippen molar-refractivity contribution in [3.8, 4) is 0 Å². The molecule has 1 fully saturated rings. The SMILES string of the molecule is CCC(C)(C)n1nnnc1CN1CCC(n2cnc3cccnc32)CC1. The molecule has 0 atom stereocenters. The third-order valence-corrected chi connectivity index (χ3v) is 5.62. The summed E-state index contributed by atoms with van der Waals surface area (Å²) in [5.41, 5.74) is 1.90. The van der Waals surface area contributed by atoms with Crippen LogP contribution in [-0.4, -0.2) is 52.7 Å². The third-order valence-electron chi connectivity index (χ3n) is 5.62. The number of imidazole rings is 1. The second-order valence-corrected chi connectivity index (χ2v) is 7.68. The minimum Gasteiger partial charge on any atom is -0.312 e. The van der Waals surface area contributed by atoms with Crippen LogP contribution in [0.2, 0.25) is 0 Å². The number of rotatable bonds is 5. The van der Waals surface area contributed by atoms with Crippen molar-refractivity contribution in [1.82, 2.24) is 39.6 Å². The van der Waals surface area contributed by atoms with Gasteiger partial charge in [0.25, 0.3) is 0 Å². The normalized spacial score (nSPS) is 17.2. The number of piperidine rings is 1. The Labute approximate surface area is 153 Å². The molecule has 0 aliphatic carbocycles. The first-order valence-electron chi connectivity index (χ1n) is 9.36. The molecule has 138 valence electrons. The van der Waals surface area contributed by atoms with E-state index in [9.17, 15) is 0 Å². The number of tetrazole rings is 1. The van der Waals surface area contributed by atoms with Crippen LogP contribution in [0.25, 0.3) is 11.2 Å². The summed E-state index contributed by atoms with van der Waals surface area (Å²) in [4.78, 5) is 11.4. The van der Waals surface area contributed by atoms with Gasteiger partial charge in [-0.15, -0.1) is 5.10 Å². The third kappa shape index (κ3) is 3.09. The number of hydrogen-bond acceptors (Lipinski definition) is 6. The van der Waals surface area contributed by atoms with Gasteiger partial charge in [-0.05, 0) is 55.7 Å². The Morgan fingerprint density at radius 3 is 2.77 bits per heavy atom. The number of nitrogens with zero attached hydrogens (tertiary/aromatic N) is 8. The van der Waals surface area contributed by atoms with E-state index in [1.165, 1.54) is 0 Å². The summed E-state index contributed by atoms with van der Waals surface area (Å²) in [6.07, 6.45) is 6.93. The van der Waals surface area contributed by atoms with Crippen LogP contribution in [0.5, 0.6) is 0 Å². The maximum absolute atomic E-state index is 4.50. The van der Waals surface area contributed by atoms with E-state index in [0.29, 0.717) is 6.04 Å². The van der Waals surface area contributed by atoms with Crippen LogP contribution in [0, 0.1) is 0 Å². The molecule has 8 heteroatoms. The number of likely N-dealkylation sites (tertiary alicyclic amines) is 1. The molecule has 3 aromatic rings. The summed E-state index contributed by atoms with van der Waals surface area (Å²) in [5, 5.41) is 12.4.